The zero-order valence-corrected chi connectivity index (χ0v) is 15.6. The summed E-state index contributed by atoms with van der Waals surface area (Å²) < 4.78 is 19.7. The summed E-state index contributed by atoms with van der Waals surface area (Å²) in [6.07, 6.45) is -0.106. The Morgan fingerprint density at radius 2 is 1.86 bits per heavy atom. The van der Waals surface area contributed by atoms with Crippen molar-refractivity contribution in [3.8, 4) is 5.69 Å². The molecule has 1 N–H and O–H groups in total. The fourth-order valence-electron chi connectivity index (χ4n) is 2.66. The van der Waals surface area contributed by atoms with Gasteiger partial charge in [0.05, 0.1) is 17.8 Å². The molecule has 1 aromatic heterocycles. The highest BCUT2D eigenvalue weighted by Gasteiger charge is 2.13. The van der Waals surface area contributed by atoms with Crippen molar-refractivity contribution in [1.82, 2.24) is 9.78 Å². The van der Waals surface area contributed by atoms with Crippen molar-refractivity contribution in [3.63, 3.8) is 0 Å². The van der Waals surface area contributed by atoms with Crippen molar-refractivity contribution in [2.45, 2.75) is 20.3 Å². The van der Waals surface area contributed by atoms with Gasteiger partial charge < -0.3 is 10.1 Å². The summed E-state index contributed by atoms with van der Waals surface area (Å²) in [5, 5.41) is 7.08. The van der Waals surface area contributed by atoms with E-state index in [0.717, 1.165) is 16.9 Å². The van der Waals surface area contributed by atoms with Crippen LogP contribution < -0.4 is 5.32 Å². The van der Waals surface area contributed by atoms with Gasteiger partial charge in [0.1, 0.15) is 11.6 Å². The van der Waals surface area contributed by atoms with Gasteiger partial charge >= 0.3 is 5.97 Å². The molecule has 0 saturated carbocycles. The first-order valence-corrected chi connectivity index (χ1v) is 8.74. The van der Waals surface area contributed by atoms with E-state index < -0.39 is 24.3 Å². The quantitative estimate of drug-likeness (QED) is 0.665. The van der Waals surface area contributed by atoms with Gasteiger partial charge in [-0.1, -0.05) is 29.8 Å². The molecule has 2 aromatic carbocycles. The number of rotatable bonds is 6. The molecule has 0 atom stereocenters. The number of hydrogen-bond donors (Lipinski definition) is 1. The van der Waals surface area contributed by atoms with Crippen LogP contribution >= 0.6 is 0 Å². The van der Waals surface area contributed by atoms with Crippen LogP contribution in [0.25, 0.3) is 5.69 Å². The second kappa shape index (κ2) is 8.47. The summed E-state index contributed by atoms with van der Waals surface area (Å²) in [6.45, 7) is 3.37. The monoisotopic (exact) mass is 381 g/mol. The number of aryl methyl sites for hydroxylation is 2. The van der Waals surface area contributed by atoms with Gasteiger partial charge in [0.25, 0.3) is 5.91 Å². The number of esters is 1. The van der Waals surface area contributed by atoms with Gasteiger partial charge in [0.2, 0.25) is 0 Å². The Kier molecular flexibility index (Phi) is 5.84. The smallest absolute Gasteiger partial charge is 0.310 e. The summed E-state index contributed by atoms with van der Waals surface area (Å²) >= 11 is 0. The average molecular weight is 381 g/mol. The van der Waals surface area contributed by atoms with E-state index in [1.165, 1.54) is 18.2 Å². The molecule has 144 valence electrons. The minimum Gasteiger partial charge on any atom is -0.455 e. The maximum Gasteiger partial charge on any atom is 0.310 e. The van der Waals surface area contributed by atoms with Crippen molar-refractivity contribution in [2.75, 3.05) is 11.9 Å². The van der Waals surface area contributed by atoms with E-state index in [0.29, 0.717) is 11.4 Å². The van der Waals surface area contributed by atoms with E-state index >= 15 is 0 Å². The van der Waals surface area contributed by atoms with Gasteiger partial charge in [-0.3, -0.25) is 9.59 Å². The lowest BCUT2D eigenvalue weighted by Crippen LogP contribution is -2.23. The fourth-order valence-corrected chi connectivity index (χ4v) is 2.66. The van der Waals surface area contributed by atoms with Crippen LogP contribution in [0.3, 0.4) is 0 Å². The molecule has 1 amide bonds. The van der Waals surface area contributed by atoms with E-state index in [4.69, 9.17) is 4.74 Å². The van der Waals surface area contributed by atoms with E-state index in [9.17, 15) is 14.0 Å². The van der Waals surface area contributed by atoms with Crippen molar-refractivity contribution < 1.29 is 18.7 Å². The molecule has 0 bridgehead atoms. The second-order valence-corrected chi connectivity index (χ2v) is 6.43. The van der Waals surface area contributed by atoms with Crippen LogP contribution in [0, 0.1) is 19.7 Å². The lowest BCUT2D eigenvalue weighted by molar-refractivity contribution is -0.146. The molecule has 0 spiro atoms. The molecule has 7 heteroatoms. The van der Waals surface area contributed by atoms with Crippen LogP contribution in [-0.4, -0.2) is 28.3 Å². The third-order valence-electron chi connectivity index (χ3n) is 3.98. The number of ether oxygens (including phenoxy) is 1. The normalized spacial score (nSPS) is 10.5. The van der Waals surface area contributed by atoms with Crippen LogP contribution in [0.2, 0.25) is 0 Å². The Morgan fingerprint density at radius 1 is 1.11 bits per heavy atom. The molecule has 3 rings (SSSR count). The zero-order chi connectivity index (χ0) is 20.1. The summed E-state index contributed by atoms with van der Waals surface area (Å²) in [4.78, 5) is 24.0. The summed E-state index contributed by atoms with van der Waals surface area (Å²) in [7, 11) is 0. The fraction of sp³-hybridized carbons (Fsp3) is 0.190. The first-order chi connectivity index (χ1) is 13.4. The Labute approximate surface area is 161 Å². The molecule has 0 saturated heterocycles. The lowest BCUT2D eigenvalue weighted by atomic mass is 10.1. The molecule has 0 aliphatic rings. The first-order valence-electron chi connectivity index (χ1n) is 8.74. The van der Waals surface area contributed by atoms with Crippen LogP contribution in [0.4, 0.5) is 10.2 Å². The van der Waals surface area contributed by atoms with Crippen LogP contribution in [-0.2, 0) is 20.7 Å². The van der Waals surface area contributed by atoms with E-state index in [1.54, 1.807) is 16.8 Å². The Hall–Kier alpha value is -3.48. The van der Waals surface area contributed by atoms with Crippen molar-refractivity contribution in [1.29, 1.82) is 0 Å². The summed E-state index contributed by atoms with van der Waals surface area (Å²) in [6, 6.07) is 15.1. The topological polar surface area (TPSA) is 73.2 Å². The highest BCUT2D eigenvalue weighted by molar-refractivity contribution is 5.92. The molecule has 0 aliphatic carbocycles. The summed E-state index contributed by atoms with van der Waals surface area (Å²) in [5.74, 6) is -1.04. The van der Waals surface area contributed by atoms with E-state index in [2.05, 4.69) is 10.4 Å². The number of carbonyl (C=O) groups excluding carboxylic acids is 2. The minimum atomic E-state index is -0.607. The van der Waals surface area contributed by atoms with Crippen LogP contribution in [0.5, 0.6) is 0 Å². The zero-order valence-electron chi connectivity index (χ0n) is 15.6. The number of nitrogens with one attached hydrogen (secondary N) is 1. The molecule has 1 heterocycles. The summed E-state index contributed by atoms with van der Waals surface area (Å²) in [5.41, 5.74) is 3.14. The van der Waals surface area contributed by atoms with Crippen LogP contribution in [0.15, 0.2) is 54.6 Å². The number of amides is 1. The van der Waals surface area contributed by atoms with E-state index in [1.807, 2.05) is 38.1 Å². The molecular weight excluding hydrogens is 361 g/mol. The molecule has 0 aliphatic heterocycles. The highest BCUT2D eigenvalue weighted by Crippen LogP contribution is 2.17. The average Bonchev–Trinajstić information content (AvgIpc) is 3.01. The van der Waals surface area contributed by atoms with Gasteiger partial charge in [-0.05, 0) is 43.7 Å². The standard InChI is InChI=1S/C21H20FN3O3/c1-14-6-8-18(9-7-14)25-19(10-15(2)24-25)23-20(26)13-28-21(27)12-16-4-3-5-17(22)11-16/h3-11H,12-13H2,1-2H3,(H,23,26). The third-order valence-corrected chi connectivity index (χ3v) is 3.98. The number of aromatic nitrogens is 2. The number of nitrogens with zero attached hydrogens (tertiary/aromatic N) is 2. The predicted octanol–water partition coefficient (Wildman–Crippen LogP) is 3.35. The molecule has 0 radical (unpaired) electrons. The van der Waals surface area contributed by atoms with Crippen molar-refractivity contribution in [3.05, 3.63) is 77.2 Å². The minimum absolute atomic E-state index is 0.106. The Balaban J connectivity index is 1.59. The number of anilines is 1. The number of carbonyl (C=O) groups is 2. The number of halogens is 1. The first kappa shape index (κ1) is 19.3. The molecule has 3 aromatic rings. The largest absolute Gasteiger partial charge is 0.455 e. The lowest BCUT2D eigenvalue weighted by Gasteiger charge is -2.10. The van der Waals surface area contributed by atoms with Gasteiger partial charge in [0.15, 0.2) is 6.61 Å². The van der Waals surface area contributed by atoms with Crippen molar-refractivity contribution >= 4 is 17.7 Å². The third kappa shape index (κ3) is 5.03. The Morgan fingerprint density at radius 3 is 2.57 bits per heavy atom. The molecule has 28 heavy (non-hydrogen) atoms. The number of hydrogen-bond acceptors (Lipinski definition) is 4. The van der Waals surface area contributed by atoms with Gasteiger partial charge in [0, 0.05) is 6.07 Å². The van der Waals surface area contributed by atoms with E-state index in [-0.39, 0.29) is 6.42 Å². The predicted molar refractivity (Wildman–Crippen MR) is 103 cm³/mol. The molecule has 0 fully saturated rings. The van der Waals surface area contributed by atoms with Gasteiger partial charge in [-0.25, -0.2) is 9.07 Å². The molecular formula is C21H20FN3O3. The Bertz CT molecular complexity index is 996. The van der Waals surface area contributed by atoms with Crippen molar-refractivity contribution in [2.24, 2.45) is 0 Å². The van der Waals surface area contributed by atoms with Gasteiger partial charge in [-0.15, -0.1) is 0 Å². The second-order valence-electron chi connectivity index (χ2n) is 6.43. The number of benzene rings is 2. The SMILES string of the molecule is Cc1ccc(-n2nc(C)cc2NC(=O)COC(=O)Cc2cccc(F)c2)cc1. The van der Waals surface area contributed by atoms with Gasteiger partial charge in [-0.2, -0.15) is 5.10 Å². The highest BCUT2D eigenvalue weighted by atomic mass is 19.1. The maximum atomic E-state index is 13.2. The maximum absolute atomic E-state index is 13.2. The molecule has 0 unspecified atom stereocenters. The molecule has 6 nitrogen and oxygen atoms in total. The van der Waals surface area contributed by atoms with Crippen LogP contribution in [0.1, 0.15) is 16.8 Å².